The Balaban J connectivity index is 1.82. The molecule has 6 nitrogen and oxygen atoms in total. The number of hydrogen-bond donors (Lipinski definition) is 0. The van der Waals surface area contributed by atoms with Crippen LogP contribution in [-0.4, -0.2) is 17.8 Å². The Bertz CT molecular complexity index is 1210. The largest absolute Gasteiger partial charge is 0.496 e. The second-order valence-corrected chi connectivity index (χ2v) is 7.39. The zero-order valence-electron chi connectivity index (χ0n) is 16.7. The van der Waals surface area contributed by atoms with E-state index in [0.29, 0.717) is 27.5 Å². The molecule has 0 bridgehead atoms. The summed E-state index contributed by atoms with van der Waals surface area (Å²) >= 11 is 11.9. The van der Waals surface area contributed by atoms with Crippen molar-refractivity contribution in [2.75, 3.05) is 7.11 Å². The number of ketones is 1. The Labute approximate surface area is 192 Å². The summed E-state index contributed by atoms with van der Waals surface area (Å²) in [6.45, 7) is -0.119. The third-order valence-corrected chi connectivity index (χ3v) is 4.98. The average Bonchev–Trinajstić information content (AvgIpc) is 2.75. The lowest BCUT2D eigenvalue weighted by molar-refractivity contribution is -0.386. The summed E-state index contributed by atoms with van der Waals surface area (Å²) in [4.78, 5) is 22.9. The highest BCUT2D eigenvalue weighted by molar-refractivity contribution is 6.37. The van der Waals surface area contributed by atoms with Gasteiger partial charge in [-0.2, -0.15) is 0 Å². The zero-order valence-corrected chi connectivity index (χ0v) is 18.2. The third-order valence-electron chi connectivity index (χ3n) is 4.43. The van der Waals surface area contributed by atoms with Crippen LogP contribution in [0.4, 0.5) is 10.1 Å². The van der Waals surface area contributed by atoms with E-state index in [1.54, 1.807) is 30.3 Å². The lowest BCUT2D eigenvalue weighted by Crippen LogP contribution is -2.02. The van der Waals surface area contributed by atoms with Crippen LogP contribution in [0.25, 0.3) is 6.08 Å². The van der Waals surface area contributed by atoms with Gasteiger partial charge < -0.3 is 9.47 Å². The molecule has 3 aromatic carbocycles. The molecule has 3 rings (SSSR count). The van der Waals surface area contributed by atoms with Crippen LogP contribution in [0.3, 0.4) is 0 Å². The predicted molar refractivity (Wildman–Crippen MR) is 120 cm³/mol. The highest BCUT2D eigenvalue weighted by atomic mass is 35.5. The topological polar surface area (TPSA) is 78.7 Å². The maximum atomic E-state index is 13.5. The van der Waals surface area contributed by atoms with E-state index in [4.69, 9.17) is 32.7 Å². The molecule has 0 aliphatic heterocycles. The van der Waals surface area contributed by atoms with Gasteiger partial charge in [0.1, 0.15) is 18.2 Å². The molecule has 0 atom stereocenters. The molecule has 32 heavy (non-hydrogen) atoms. The summed E-state index contributed by atoms with van der Waals surface area (Å²) < 4.78 is 24.3. The molecule has 0 N–H and O–H groups in total. The van der Waals surface area contributed by atoms with Gasteiger partial charge >= 0.3 is 5.69 Å². The number of carbonyl (C=O) groups excluding carboxylic acids is 1. The molecule has 0 heterocycles. The number of benzene rings is 3. The van der Waals surface area contributed by atoms with Crippen LogP contribution < -0.4 is 9.47 Å². The number of halogens is 3. The Morgan fingerprint density at radius 2 is 1.88 bits per heavy atom. The first kappa shape index (κ1) is 23.2. The van der Waals surface area contributed by atoms with Gasteiger partial charge in [-0.3, -0.25) is 14.9 Å². The molecule has 3 aromatic rings. The third kappa shape index (κ3) is 5.63. The van der Waals surface area contributed by atoms with Gasteiger partial charge in [-0.1, -0.05) is 35.3 Å². The summed E-state index contributed by atoms with van der Waals surface area (Å²) in [6, 6.07) is 12.6. The minimum absolute atomic E-state index is 0.119. The molecular weight excluding hydrogens is 460 g/mol. The van der Waals surface area contributed by atoms with Crippen molar-refractivity contribution < 1.29 is 23.6 Å². The Morgan fingerprint density at radius 3 is 2.56 bits per heavy atom. The Kier molecular flexibility index (Phi) is 7.45. The highest BCUT2D eigenvalue weighted by Crippen LogP contribution is 2.30. The van der Waals surface area contributed by atoms with Crippen molar-refractivity contribution in [1.82, 2.24) is 0 Å². The molecule has 0 spiro atoms. The van der Waals surface area contributed by atoms with Gasteiger partial charge in [0.15, 0.2) is 11.5 Å². The van der Waals surface area contributed by atoms with Crippen molar-refractivity contribution in [2.45, 2.75) is 6.61 Å². The van der Waals surface area contributed by atoms with Crippen LogP contribution in [0.15, 0.2) is 60.7 Å². The Morgan fingerprint density at radius 1 is 1.09 bits per heavy atom. The van der Waals surface area contributed by atoms with Crippen LogP contribution in [-0.2, 0) is 6.61 Å². The number of allylic oxidation sites excluding steroid dienone is 1. The summed E-state index contributed by atoms with van der Waals surface area (Å²) in [7, 11) is 1.46. The molecule has 9 heteroatoms. The zero-order chi connectivity index (χ0) is 23.3. The standard InChI is InChI=1S/C23H16Cl2FNO5/c1-31-22-9-3-14(2-8-21(28)18-6-4-16(24)11-19(18)25)10-15(22)13-32-23-12-17(26)5-7-20(23)27(29)30/h2-12H,13H2,1H3/b8-2+. The molecule has 0 aliphatic carbocycles. The van der Waals surface area contributed by atoms with Crippen molar-refractivity contribution in [3.63, 3.8) is 0 Å². The number of nitro groups is 1. The quantitative estimate of drug-likeness (QED) is 0.160. The summed E-state index contributed by atoms with van der Waals surface area (Å²) in [5, 5.41) is 11.8. The van der Waals surface area contributed by atoms with E-state index in [9.17, 15) is 19.3 Å². The molecule has 0 radical (unpaired) electrons. The fraction of sp³-hybridized carbons (Fsp3) is 0.0870. The summed E-state index contributed by atoms with van der Waals surface area (Å²) in [6.07, 6.45) is 2.94. The van der Waals surface area contributed by atoms with Crippen LogP contribution in [0.5, 0.6) is 11.5 Å². The van der Waals surface area contributed by atoms with Crippen LogP contribution in [0.1, 0.15) is 21.5 Å². The lowest BCUT2D eigenvalue weighted by Gasteiger charge is -2.11. The number of nitrogens with zero attached hydrogens (tertiary/aromatic N) is 1. The monoisotopic (exact) mass is 475 g/mol. The molecule has 0 fully saturated rings. The first-order valence-corrected chi connectivity index (χ1v) is 9.95. The van der Waals surface area contributed by atoms with Gasteiger partial charge in [0.25, 0.3) is 0 Å². The van der Waals surface area contributed by atoms with Gasteiger partial charge in [-0.05, 0) is 48.0 Å². The molecule has 0 unspecified atom stereocenters. The second kappa shape index (κ2) is 10.3. The number of hydrogen-bond acceptors (Lipinski definition) is 5. The molecule has 0 aromatic heterocycles. The fourth-order valence-electron chi connectivity index (χ4n) is 2.88. The number of ether oxygens (including phenoxy) is 2. The van der Waals surface area contributed by atoms with Crippen LogP contribution in [0, 0.1) is 15.9 Å². The normalized spacial score (nSPS) is 10.9. The molecule has 0 saturated carbocycles. The smallest absolute Gasteiger partial charge is 0.311 e. The number of nitro benzene ring substituents is 1. The van der Waals surface area contributed by atoms with E-state index in [1.165, 1.54) is 25.3 Å². The average molecular weight is 476 g/mol. The highest BCUT2D eigenvalue weighted by Gasteiger charge is 2.17. The number of methoxy groups -OCH3 is 1. The van der Waals surface area contributed by atoms with E-state index in [-0.39, 0.29) is 28.8 Å². The summed E-state index contributed by atoms with van der Waals surface area (Å²) in [5.41, 5.74) is 1.15. The van der Waals surface area contributed by atoms with E-state index in [2.05, 4.69) is 0 Å². The van der Waals surface area contributed by atoms with Crippen LogP contribution in [0.2, 0.25) is 10.0 Å². The van der Waals surface area contributed by atoms with Crippen molar-refractivity contribution in [1.29, 1.82) is 0 Å². The number of carbonyl (C=O) groups is 1. The van der Waals surface area contributed by atoms with Gasteiger partial charge in [0.05, 0.1) is 17.1 Å². The van der Waals surface area contributed by atoms with Crippen molar-refractivity contribution in [3.05, 3.63) is 103 Å². The SMILES string of the molecule is COc1ccc(/C=C/C(=O)c2ccc(Cl)cc2Cl)cc1COc1cc(F)ccc1[N+](=O)[O-]. The van der Waals surface area contributed by atoms with E-state index in [1.807, 2.05) is 0 Å². The fourth-order valence-corrected chi connectivity index (χ4v) is 3.38. The molecule has 164 valence electrons. The van der Waals surface area contributed by atoms with Crippen molar-refractivity contribution in [2.24, 2.45) is 0 Å². The molecule has 0 amide bonds. The van der Waals surface area contributed by atoms with E-state index in [0.717, 1.165) is 18.2 Å². The van der Waals surface area contributed by atoms with Crippen LogP contribution >= 0.6 is 23.2 Å². The maximum absolute atomic E-state index is 13.5. The van der Waals surface area contributed by atoms with Gasteiger partial charge in [-0.15, -0.1) is 0 Å². The first-order valence-electron chi connectivity index (χ1n) is 9.19. The number of rotatable bonds is 8. The van der Waals surface area contributed by atoms with Crippen molar-refractivity contribution in [3.8, 4) is 11.5 Å². The van der Waals surface area contributed by atoms with E-state index >= 15 is 0 Å². The molecular formula is C23H16Cl2FNO5. The van der Waals surface area contributed by atoms with Gasteiger partial charge in [0.2, 0.25) is 0 Å². The molecule has 0 aliphatic rings. The van der Waals surface area contributed by atoms with Gasteiger partial charge in [-0.25, -0.2) is 4.39 Å². The minimum Gasteiger partial charge on any atom is -0.496 e. The predicted octanol–water partition coefficient (Wildman–Crippen LogP) is 6.52. The van der Waals surface area contributed by atoms with E-state index < -0.39 is 10.7 Å². The minimum atomic E-state index is -0.659. The lowest BCUT2D eigenvalue weighted by atomic mass is 10.1. The second-order valence-electron chi connectivity index (χ2n) is 6.55. The first-order chi connectivity index (χ1) is 15.3. The maximum Gasteiger partial charge on any atom is 0.311 e. The van der Waals surface area contributed by atoms with Crippen molar-refractivity contribution >= 4 is 40.7 Å². The Hall–Kier alpha value is -3.42. The molecule has 0 saturated heterocycles. The van der Waals surface area contributed by atoms with Gasteiger partial charge in [0, 0.05) is 28.3 Å². The summed E-state index contributed by atoms with van der Waals surface area (Å²) in [5.74, 6) is -0.705.